The van der Waals surface area contributed by atoms with Gasteiger partial charge in [0.1, 0.15) is 5.65 Å². The van der Waals surface area contributed by atoms with E-state index in [1.165, 1.54) is 11.3 Å². The molecule has 0 bridgehead atoms. The summed E-state index contributed by atoms with van der Waals surface area (Å²) in [6, 6.07) is 24.9. The molecule has 4 aromatic rings. The second-order valence-corrected chi connectivity index (χ2v) is 4.57. The number of pyridine rings is 1. The summed E-state index contributed by atoms with van der Waals surface area (Å²) in [5.74, 6) is 0. The Morgan fingerprint density at radius 1 is 0.684 bits per heavy atom. The SMILES string of the molecule is c1ccc(-c2cccc3nc4ccccc4n23)cc1. The average Bonchev–Trinajstić information content (AvgIpc) is 2.86. The van der Waals surface area contributed by atoms with E-state index >= 15 is 0 Å². The van der Waals surface area contributed by atoms with E-state index in [9.17, 15) is 0 Å². The zero-order chi connectivity index (χ0) is 12.7. The molecule has 2 heteroatoms. The van der Waals surface area contributed by atoms with Crippen LogP contribution in [-0.2, 0) is 0 Å². The number of hydrogen-bond donors (Lipinski definition) is 0. The predicted octanol–water partition coefficient (Wildman–Crippen LogP) is 4.15. The number of hydrogen-bond acceptors (Lipinski definition) is 1. The molecule has 19 heavy (non-hydrogen) atoms. The van der Waals surface area contributed by atoms with Crippen LogP contribution in [0.15, 0.2) is 72.8 Å². The van der Waals surface area contributed by atoms with Crippen molar-refractivity contribution >= 4 is 16.7 Å². The van der Waals surface area contributed by atoms with Gasteiger partial charge in [0.25, 0.3) is 0 Å². The highest BCUT2D eigenvalue weighted by atomic mass is 15.0. The van der Waals surface area contributed by atoms with Crippen LogP contribution in [0.25, 0.3) is 27.9 Å². The van der Waals surface area contributed by atoms with E-state index in [-0.39, 0.29) is 0 Å². The van der Waals surface area contributed by atoms with Crippen molar-refractivity contribution in [1.82, 2.24) is 9.38 Å². The van der Waals surface area contributed by atoms with Crippen LogP contribution < -0.4 is 0 Å². The summed E-state index contributed by atoms with van der Waals surface area (Å²) in [6.45, 7) is 0. The quantitative estimate of drug-likeness (QED) is 0.491. The van der Waals surface area contributed by atoms with E-state index in [1.807, 2.05) is 18.2 Å². The zero-order valence-corrected chi connectivity index (χ0v) is 10.3. The molecule has 2 nitrogen and oxygen atoms in total. The van der Waals surface area contributed by atoms with Crippen LogP contribution in [0.4, 0.5) is 0 Å². The first-order chi connectivity index (χ1) is 9.43. The molecule has 0 atom stereocenters. The van der Waals surface area contributed by atoms with Crippen LogP contribution in [0.5, 0.6) is 0 Å². The molecule has 0 unspecified atom stereocenters. The molecule has 2 heterocycles. The third-order valence-electron chi connectivity index (χ3n) is 3.40. The van der Waals surface area contributed by atoms with Gasteiger partial charge in [0.2, 0.25) is 0 Å². The summed E-state index contributed by atoms with van der Waals surface area (Å²) in [7, 11) is 0. The van der Waals surface area contributed by atoms with E-state index in [0.29, 0.717) is 0 Å². The lowest BCUT2D eigenvalue weighted by atomic mass is 10.1. The van der Waals surface area contributed by atoms with Crippen LogP contribution in [0.1, 0.15) is 0 Å². The molecule has 0 radical (unpaired) electrons. The summed E-state index contributed by atoms with van der Waals surface area (Å²) in [5, 5.41) is 0. The van der Waals surface area contributed by atoms with Gasteiger partial charge >= 0.3 is 0 Å². The van der Waals surface area contributed by atoms with Crippen molar-refractivity contribution in [2.24, 2.45) is 0 Å². The van der Waals surface area contributed by atoms with Crippen molar-refractivity contribution in [1.29, 1.82) is 0 Å². The van der Waals surface area contributed by atoms with Gasteiger partial charge in [0.15, 0.2) is 0 Å². The summed E-state index contributed by atoms with van der Waals surface area (Å²) in [6.07, 6.45) is 0. The van der Waals surface area contributed by atoms with Gasteiger partial charge in [0, 0.05) is 0 Å². The molecule has 90 valence electrons. The maximum absolute atomic E-state index is 4.66. The van der Waals surface area contributed by atoms with Gasteiger partial charge in [-0.25, -0.2) is 4.98 Å². The minimum absolute atomic E-state index is 0.988. The van der Waals surface area contributed by atoms with Crippen molar-refractivity contribution in [2.45, 2.75) is 0 Å². The number of aromatic nitrogens is 2. The Morgan fingerprint density at radius 2 is 1.47 bits per heavy atom. The Morgan fingerprint density at radius 3 is 2.37 bits per heavy atom. The van der Waals surface area contributed by atoms with Gasteiger partial charge in [-0.15, -0.1) is 0 Å². The first-order valence-corrected chi connectivity index (χ1v) is 6.35. The minimum atomic E-state index is 0.988. The van der Waals surface area contributed by atoms with Crippen molar-refractivity contribution in [3.63, 3.8) is 0 Å². The van der Waals surface area contributed by atoms with Crippen molar-refractivity contribution in [3.8, 4) is 11.3 Å². The van der Waals surface area contributed by atoms with Crippen LogP contribution in [0, 0.1) is 0 Å². The number of rotatable bonds is 1. The van der Waals surface area contributed by atoms with E-state index in [1.54, 1.807) is 0 Å². The van der Waals surface area contributed by atoms with Gasteiger partial charge in [0.05, 0.1) is 16.7 Å². The molecule has 0 aliphatic heterocycles. The van der Waals surface area contributed by atoms with E-state index in [0.717, 1.165) is 16.7 Å². The Kier molecular flexibility index (Phi) is 2.15. The van der Waals surface area contributed by atoms with Crippen LogP contribution in [0.2, 0.25) is 0 Å². The molecule has 0 aliphatic carbocycles. The van der Waals surface area contributed by atoms with Crippen LogP contribution in [0.3, 0.4) is 0 Å². The Balaban J connectivity index is 2.17. The molecule has 0 N–H and O–H groups in total. The number of para-hydroxylation sites is 2. The van der Waals surface area contributed by atoms with Crippen molar-refractivity contribution < 1.29 is 0 Å². The molecule has 0 saturated carbocycles. The first kappa shape index (κ1) is 10.3. The van der Waals surface area contributed by atoms with Gasteiger partial charge < -0.3 is 0 Å². The monoisotopic (exact) mass is 244 g/mol. The highest BCUT2D eigenvalue weighted by molar-refractivity contribution is 5.83. The minimum Gasteiger partial charge on any atom is -0.292 e. The fraction of sp³-hybridized carbons (Fsp3) is 0. The fourth-order valence-electron chi connectivity index (χ4n) is 2.54. The number of nitrogens with zero attached hydrogens (tertiary/aromatic N) is 2. The molecule has 0 spiro atoms. The molecular formula is C17H12N2. The highest BCUT2D eigenvalue weighted by Crippen LogP contribution is 2.25. The van der Waals surface area contributed by atoms with Gasteiger partial charge in [-0.3, -0.25) is 4.40 Å². The lowest BCUT2D eigenvalue weighted by molar-refractivity contribution is 1.23. The van der Waals surface area contributed by atoms with E-state index < -0.39 is 0 Å². The molecule has 0 amide bonds. The Hall–Kier alpha value is -2.61. The lowest BCUT2D eigenvalue weighted by Gasteiger charge is -2.06. The third kappa shape index (κ3) is 1.54. The van der Waals surface area contributed by atoms with Crippen LogP contribution in [-0.4, -0.2) is 9.38 Å². The molecular weight excluding hydrogens is 232 g/mol. The molecule has 2 aromatic heterocycles. The maximum Gasteiger partial charge on any atom is 0.138 e. The smallest absolute Gasteiger partial charge is 0.138 e. The van der Waals surface area contributed by atoms with Crippen LogP contribution >= 0.6 is 0 Å². The highest BCUT2D eigenvalue weighted by Gasteiger charge is 2.08. The molecule has 2 aromatic carbocycles. The van der Waals surface area contributed by atoms with Gasteiger partial charge in [-0.05, 0) is 29.8 Å². The van der Waals surface area contributed by atoms with E-state index in [4.69, 9.17) is 0 Å². The topological polar surface area (TPSA) is 17.3 Å². The predicted molar refractivity (Wildman–Crippen MR) is 78.1 cm³/mol. The second-order valence-electron chi connectivity index (χ2n) is 4.57. The molecule has 0 saturated heterocycles. The molecule has 0 fully saturated rings. The molecule has 4 rings (SSSR count). The maximum atomic E-state index is 4.66. The largest absolute Gasteiger partial charge is 0.292 e. The van der Waals surface area contributed by atoms with E-state index in [2.05, 4.69) is 64.0 Å². The standard InChI is InChI=1S/C17H12N2/c1-2-7-13(8-3-1)15-11-6-12-17-18-14-9-4-5-10-16(14)19(15)17/h1-12H. The second kappa shape index (κ2) is 3.95. The van der Waals surface area contributed by atoms with Crippen molar-refractivity contribution in [3.05, 3.63) is 72.8 Å². The first-order valence-electron chi connectivity index (χ1n) is 6.35. The lowest BCUT2D eigenvalue weighted by Crippen LogP contribution is -1.91. The Labute approximate surface area is 111 Å². The third-order valence-corrected chi connectivity index (χ3v) is 3.40. The number of benzene rings is 2. The summed E-state index contributed by atoms with van der Waals surface area (Å²) in [5.41, 5.74) is 5.55. The van der Waals surface area contributed by atoms with Gasteiger partial charge in [-0.2, -0.15) is 0 Å². The summed E-state index contributed by atoms with van der Waals surface area (Å²) >= 11 is 0. The summed E-state index contributed by atoms with van der Waals surface area (Å²) in [4.78, 5) is 4.66. The van der Waals surface area contributed by atoms with Crippen molar-refractivity contribution in [2.75, 3.05) is 0 Å². The average molecular weight is 244 g/mol. The molecule has 0 aliphatic rings. The number of fused-ring (bicyclic) bond motifs is 3. The van der Waals surface area contributed by atoms with Gasteiger partial charge in [-0.1, -0.05) is 48.5 Å². The zero-order valence-electron chi connectivity index (χ0n) is 10.3. The Bertz CT molecular complexity index is 860. The fourth-order valence-corrected chi connectivity index (χ4v) is 2.54. The summed E-state index contributed by atoms with van der Waals surface area (Å²) < 4.78 is 2.21. The number of imidazole rings is 1. The normalized spacial score (nSPS) is 11.2.